The largest absolute Gasteiger partial charge is 0.495 e. The fourth-order valence-electron chi connectivity index (χ4n) is 3.25. The standard InChI is InChI=1S/C21H26N4O4S/c1-5-25(6-2)30(27,28)19-13-15(11-12-18(19)29-4)21(26)22-14(3)20-23-16-9-7-8-10-17(16)24-20/h7-14H,5-6H2,1-4H3,(H,22,26)(H,23,24)/t14-/m1/s1. The van der Waals surface area contributed by atoms with E-state index in [0.717, 1.165) is 11.0 Å². The summed E-state index contributed by atoms with van der Waals surface area (Å²) in [4.78, 5) is 20.5. The van der Waals surface area contributed by atoms with E-state index in [4.69, 9.17) is 4.74 Å². The van der Waals surface area contributed by atoms with Crippen LogP contribution in [-0.4, -0.2) is 48.8 Å². The first kappa shape index (κ1) is 21.8. The number of para-hydroxylation sites is 2. The Kier molecular flexibility index (Phi) is 6.42. The Labute approximate surface area is 176 Å². The van der Waals surface area contributed by atoms with Crippen molar-refractivity contribution in [3.05, 3.63) is 53.9 Å². The summed E-state index contributed by atoms with van der Waals surface area (Å²) in [6.45, 7) is 5.98. The number of aromatic amines is 1. The number of imidazole rings is 1. The van der Waals surface area contributed by atoms with Crippen molar-refractivity contribution in [1.29, 1.82) is 0 Å². The maximum atomic E-state index is 13.0. The minimum absolute atomic E-state index is 0.0299. The average molecular weight is 431 g/mol. The van der Waals surface area contributed by atoms with E-state index in [1.54, 1.807) is 19.9 Å². The number of nitrogens with zero attached hydrogens (tertiary/aromatic N) is 2. The molecular weight excluding hydrogens is 404 g/mol. The van der Waals surface area contributed by atoms with Crippen LogP contribution in [0.15, 0.2) is 47.4 Å². The summed E-state index contributed by atoms with van der Waals surface area (Å²) in [5, 5.41) is 2.86. The molecule has 0 fully saturated rings. The van der Waals surface area contributed by atoms with E-state index in [0.29, 0.717) is 18.9 Å². The van der Waals surface area contributed by atoms with Gasteiger partial charge in [0.25, 0.3) is 5.91 Å². The molecule has 1 amide bonds. The van der Waals surface area contributed by atoms with Crippen LogP contribution >= 0.6 is 0 Å². The number of H-pyrrole nitrogens is 1. The number of hydrogen-bond acceptors (Lipinski definition) is 5. The number of sulfonamides is 1. The number of nitrogens with one attached hydrogen (secondary N) is 2. The molecule has 0 unspecified atom stereocenters. The molecule has 0 saturated heterocycles. The molecule has 0 radical (unpaired) electrons. The molecule has 2 N–H and O–H groups in total. The van der Waals surface area contributed by atoms with E-state index in [2.05, 4.69) is 15.3 Å². The van der Waals surface area contributed by atoms with Crippen LogP contribution in [-0.2, 0) is 10.0 Å². The Hall–Kier alpha value is -2.91. The Bertz CT molecular complexity index is 1120. The summed E-state index contributed by atoms with van der Waals surface area (Å²) < 4.78 is 32.5. The number of amides is 1. The lowest BCUT2D eigenvalue weighted by molar-refractivity contribution is 0.0938. The molecule has 1 atom stereocenters. The third-order valence-electron chi connectivity index (χ3n) is 4.91. The third kappa shape index (κ3) is 4.17. The third-order valence-corrected chi connectivity index (χ3v) is 6.99. The van der Waals surface area contributed by atoms with Gasteiger partial charge >= 0.3 is 0 Å². The van der Waals surface area contributed by atoms with Gasteiger partial charge in [-0.05, 0) is 37.3 Å². The fraction of sp³-hybridized carbons (Fsp3) is 0.333. The molecule has 30 heavy (non-hydrogen) atoms. The van der Waals surface area contributed by atoms with Gasteiger partial charge in [-0.2, -0.15) is 4.31 Å². The summed E-state index contributed by atoms with van der Waals surface area (Å²) in [6.07, 6.45) is 0. The maximum absolute atomic E-state index is 13.0. The van der Waals surface area contributed by atoms with Crippen molar-refractivity contribution >= 4 is 27.0 Å². The van der Waals surface area contributed by atoms with Crippen LogP contribution in [0.4, 0.5) is 0 Å². The Balaban J connectivity index is 1.88. The van der Waals surface area contributed by atoms with Crippen molar-refractivity contribution in [3.63, 3.8) is 0 Å². The molecule has 0 spiro atoms. The number of hydrogen-bond donors (Lipinski definition) is 2. The number of fused-ring (bicyclic) bond motifs is 1. The summed E-state index contributed by atoms with van der Waals surface area (Å²) in [7, 11) is -2.39. The van der Waals surface area contributed by atoms with E-state index in [9.17, 15) is 13.2 Å². The average Bonchev–Trinajstić information content (AvgIpc) is 3.18. The first-order chi connectivity index (χ1) is 14.3. The number of aromatic nitrogens is 2. The summed E-state index contributed by atoms with van der Waals surface area (Å²) >= 11 is 0. The molecule has 0 aliphatic rings. The molecule has 0 saturated carbocycles. The van der Waals surface area contributed by atoms with Crippen molar-refractivity contribution in [2.45, 2.75) is 31.7 Å². The van der Waals surface area contributed by atoms with Crippen molar-refractivity contribution in [1.82, 2.24) is 19.6 Å². The number of carbonyl (C=O) groups excluding carboxylic acids is 1. The number of ether oxygens (including phenoxy) is 1. The normalized spacial score (nSPS) is 12.8. The Morgan fingerprint density at radius 3 is 2.53 bits per heavy atom. The summed E-state index contributed by atoms with van der Waals surface area (Å²) in [6, 6.07) is 11.6. The van der Waals surface area contributed by atoms with Gasteiger partial charge in [-0.15, -0.1) is 0 Å². The van der Waals surface area contributed by atoms with Gasteiger partial charge in [0.1, 0.15) is 16.5 Å². The number of carbonyl (C=O) groups is 1. The Morgan fingerprint density at radius 1 is 1.20 bits per heavy atom. The lowest BCUT2D eigenvalue weighted by Gasteiger charge is -2.20. The van der Waals surface area contributed by atoms with Crippen molar-refractivity contribution in [2.24, 2.45) is 0 Å². The predicted octanol–water partition coefficient (Wildman–Crippen LogP) is 3.09. The molecule has 8 nitrogen and oxygen atoms in total. The fourth-order valence-corrected chi connectivity index (χ4v) is 4.89. The van der Waals surface area contributed by atoms with Gasteiger partial charge in [0.2, 0.25) is 10.0 Å². The SMILES string of the molecule is CCN(CC)S(=O)(=O)c1cc(C(=O)N[C@H](C)c2nc3ccccc3[nH]2)ccc1OC. The van der Waals surface area contributed by atoms with Crippen LogP contribution in [0.5, 0.6) is 5.75 Å². The minimum Gasteiger partial charge on any atom is -0.495 e. The van der Waals surface area contributed by atoms with Gasteiger partial charge in [0, 0.05) is 18.7 Å². The second-order valence-electron chi connectivity index (χ2n) is 6.79. The molecule has 1 aromatic heterocycles. The number of benzene rings is 2. The summed E-state index contributed by atoms with van der Waals surface area (Å²) in [5.74, 6) is 0.416. The van der Waals surface area contributed by atoms with E-state index >= 15 is 0 Å². The highest BCUT2D eigenvalue weighted by Gasteiger charge is 2.27. The lowest BCUT2D eigenvalue weighted by atomic mass is 10.2. The van der Waals surface area contributed by atoms with Gasteiger partial charge in [0.05, 0.1) is 24.2 Å². The number of rotatable bonds is 8. The molecule has 0 bridgehead atoms. The predicted molar refractivity (Wildman–Crippen MR) is 115 cm³/mol. The molecule has 2 aromatic carbocycles. The highest BCUT2D eigenvalue weighted by Crippen LogP contribution is 2.28. The van der Waals surface area contributed by atoms with Gasteiger partial charge in [0.15, 0.2) is 0 Å². The molecule has 9 heteroatoms. The van der Waals surface area contributed by atoms with Crippen LogP contribution < -0.4 is 10.1 Å². The monoisotopic (exact) mass is 430 g/mol. The highest BCUT2D eigenvalue weighted by atomic mass is 32.2. The van der Waals surface area contributed by atoms with Crippen molar-refractivity contribution < 1.29 is 17.9 Å². The van der Waals surface area contributed by atoms with Crippen LogP contribution in [0.25, 0.3) is 11.0 Å². The molecule has 1 heterocycles. The lowest BCUT2D eigenvalue weighted by Crippen LogP contribution is -2.31. The van der Waals surface area contributed by atoms with E-state index in [1.807, 2.05) is 31.2 Å². The molecule has 3 rings (SSSR count). The van der Waals surface area contributed by atoms with Gasteiger partial charge in [-0.1, -0.05) is 26.0 Å². The Morgan fingerprint density at radius 2 is 1.90 bits per heavy atom. The van der Waals surface area contributed by atoms with Gasteiger partial charge in [-0.25, -0.2) is 13.4 Å². The van der Waals surface area contributed by atoms with Gasteiger partial charge in [-0.3, -0.25) is 4.79 Å². The smallest absolute Gasteiger partial charge is 0.251 e. The van der Waals surface area contributed by atoms with Crippen molar-refractivity contribution in [3.8, 4) is 5.75 Å². The van der Waals surface area contributed by atoms with Crippen molar-refractivity contribution in [2.75, 3.05) is 20.2 Å². The quantitative estimate of drug-likeness (QED) is 0.571. The van der Waals surface area contributed by atoms with E-state index in [1.165, 1.54) is 23.5 Å². The number of methoxy groups -OCH3 is 1. The van der Waals surface area contributed by atoms with E-state index < -0.39 is 22.0 Å². The first-order valence-electron chi connectivity index (χ1n) is 9.75. The second-order valence-corrected chi connectivity index (χ2v) is 8.70. The molecular formula is C21H26N4O4S. The van der Waals surface area contributed by atoms with Crippen LogP contribution in [0.3, 0.4) is 0 Å². The zero-order valence-corrected chi connectivity index (χ0v) is 18.3. The van der Waals surface area contributed by atoms with Crippen LogP contribution in [0.2, 0.25) is 0 Å². The maximum Gasteiger partial charge on any atom is 0.251 e. The highest BCUT2D eigenvalue weighted by molar-refractivity contribution is 7.89. The van der Waals surface area contributed by atoms with E-state index in [-0.39, 0.29) is 16.2 Å². The van der Waals surface area contributed by atoms with Gasteiger partial charge < -0.3 is 15.0 Å². The molecule has 0 aliphatic carbocycles. The molecule has 0 aliphatic heterocycles. The minimum atomic E-state index is -3.79. The van der Waals surface area contributed by atoms with Crippen LogP contribution in [0, 0.1) is 0 Å². The molecule has 160 valence electrons. The zero-order chi connectivity index (χ0) is 21.9. The molecule has 3 aromatic rings. The summed E-state index contributed by atoms with van der Waals surface area (Å²) in [5.41, 5.74) is 1.92. The van der Waals surface area contributed by atoms with Crippen LogP contribution in [0.1, 0.15) is 43.0 Å². The zero-order valence-electron chi connectivity index (χ0n) is 17.5. The second kappa shape index (κ2) is 8.85. The topological polar surface area (TPSA) is 104 Å². The first-order valence-corrected chi connectivity index (χ1v) is 11.2.